The molecule has 1 atom stereocenters. The molecule has 1 aliphatic rings. The largest absolute Gasteiger partial charge is 0.496 e. The highest BCUT2D eigenvalue weighted by Crippen LogP contribution is 2.22. The van der Waals surface area contributed by atoms with Gasteiger partial charge in [0.1, 0.15) is 5.75 Å². The minimum Gasteiger partial charge on any atom is -0.496 e. The summed E-state index contributed by atoms with van der Waals surface area (Å²) >= 11 is 5.98. The van der Waals surface area contributed by atoms with E-state index in [2.05, 4.69) is 15.6 Å². The molecule has 0 radical (unpaired) electrons. The molecule has 0 amide bonds. The Hall–Kier alpha value is -0.770. The normalized spacial score (nSPS) is 16.9. The van der Waals surface area contributed by atoms with Crippen LogP contribution in [0.1, 0.15) is 18.4 Å². The predicted molar refractivity (Wildman–Crippen MR) is 116 cm³/mol. The number of aliphatic imine (C=N–C) groups is 1. The van der Waals surface area contributed by atoms with Crippen molar-refractivity contribution in [2.75, 3.05) is 47.1 Å². The molecular weight excluding hydrogens is 469 g/mol. The molecular formula is C18H29ClIN3O3. The van der Waals surface area contributed by atoms with Gasteiger partial charge in [-0.15, -0.1) is 24.0 Å². The van der Waals surface area contributed by atoms with Crippen molar-refractivity contribution >= 4 is 41.5 Å². The summed E-state index contributed by atoms with van der Waals surface area (Å²) < 4.78 is 16.4. The average Bonchev–Trinajstić information content (AvgIpc) is 3.14. The molecule has 1 unspecified atom stereocenters. The molecule has 1 heterocycles. The van der Waals surface area contributed by atoms with Gasteiger partial charge in [0.2, 0.25) is 0 Å². The van der Waals surface area contributed by atoms with Crippen LogP contribution in [0.2, 0.25) is 5.02 Å². The van der Waals surface area contributed by atoms with Crippen molar-refractivity contribution in [3.63, 3.8) is 0 Å². The molecule has 8 heteroatoms. The molecule has 2 N–H and O–H groups in total. The molecule has 1 saturated heterocycles. The summed E-state index contributed by atoms with van der Waals surface area (Å²) in [6.07, 6.45) is 2.04. The third-order valence-corrected chi connectivity index (χ3v) is 4.29. The van der Waals surface area contributed by atoms with Crippen LogP contribution in [0.5, 0.6) is 5.75 Å². The number of nitrogens with zero attached hydrogens (tertiary/aromatic N) is 1. The maximum atomic E-state index is 5.98. The Labute approximate surface area is 178 Å². The van der Waals surface area contributed by atoms with Gasteiger partial charge in [0.05, 0.1) is 20.3 Å². The molecule has 1 aromatic carbocycles. The van der Waals surface area contributed by atoms with Gasteiger partial charge >= 0.3 is 0 Å². The Morgan fingerprint density at radius 2 is 2.23 bits per heavy atom. The summed E-state index contributed by atoms with van der Waals surface area (Å²) in [5.74, 6) is 2.08. The fraction of sp³-hybridized carbons (Fsp3) is 0.611. The van der Waals surface area contributed by atoms with Gasteiger partial charge in [0.25, 0.3) is 0 Å². The van der Waals surface area contributed by atoms with E-state index >= 15 is 0 Å². The SMILES string of the molecule is CN=C(NCCCOCC1CCOC1)NCc1ccc(Cl)cc1OC.I. The average molecular weight is 498 g/mol. The lowest BCUT2D eigenvalue weighted by molar-refractivity contribution is 0.0888. The summed E-state index contributed by atoms with van der Waals surface area (Å²) in [4.78, 5) is 4.23. The van der Waals surface area contributed by atoms with Crippen LogP contribution < -0.4 is 15.4 Å². The molecule has 0 spiro atoms. The van der Waals surface area contributed by atoms with Gasteiger partial charge < -0.3 is 24.8 Å². The Bertz CT molecular complexity index is 554. The van der Waals surface area contributed by atoms with Gasteiger partial charge in [-0.25, -0.2) is 0 Å². The van der Waals surface area contributed by atoms with Crippen LogP contribution in [0, 0.1) is 5.92 Å². The molecule has 1 aromatic rings. The number of ether oxygens (including phenoxy) is 3. The van der Waals surface area contributed by atoms with Crippen molar-refractivity contribution in [1.29, 1.82) is 0 Å². The maximum Gasteiger partial charge on any atom is 0.191 e. The molecule has 0 saturated carbocycles. The molecule has 1 aliphatic heterocycles. The Kier molecular flexibility index (Phi) is 12.0. The first-order chi connectivity index (χ1) is 12.2. The maximum absolute atomic E-state index is 5.98. The zero-order valence-electron chi connectivity index (χ0n) is 15.4. The lowest BCUT2D eigenvalue weighted by Crippen LogP contribution is -2.37. The van der Waals surface area contributed by atoms with Crippen LogP contribution in [-0.4, -0.2) is 53.1 Å². The third kappa shape index (κ3) is 8.28. The number of benzene rings is 1. The van der Waals surface area contributed by atoms with Gasteiger partial charge in [0.15, 0.2) is 5.96 Å². The Morgan fingerprint density at radius 1 is 1.38 bits per heavy atom. The van der Waals surface area contributed by atoms with Crippen LogP contribution in [0.4, 0.5) is 0 Å². The van der Waals surface area contributed by atoms with E-state index in [4.69, 9.17) is 25.8 Å². The summed E-state index contributed by atoms with van der Waals surface area (Å²) in [5.41, 5.74) is 1.02. The van der Waals surface area contributed by atoms with Crippen molar-refractivity contribution in [3.05, 3.63) is 28.8 Å². The minimum atomic E-state index is 0. The molecule has 26 heavy (non-hydrogen) atoms. The lowest BCUT2D eigenvalue weighted by atomic mass is 10.1. The minimum absolute atomic E-state index is 0. The van der Waals surface area contributed by atoms with Crippen LogP contribution in [0.15, 0.2) is 23.2 Å². The van der Waals surface area contributed by atoms with Crippen LogP contribution in [-0.2, 0) is 16.0 Å². The topological polar surface area (TPSA) is 64.1 Å². The van der Waals surface area contributed by atoms with E-state index in [1.165, 1.54) is 0 Å². The number of methoxy groups -OCH3 is 1. The van der Waals surface area contributed by atoms with E-state index in [9.17, 15) is 0 Å². The number of halogens is 2. The molecule has 6 nitrogen and oxygen atoms in total. The van der Waals surface area contributed by atoms with Gasteiger partial charge in [-0.1, -0.05) is 17.7 Å². The zero-order chi connectivity index (χ0) is 17.9. The summed E-state index contributed by atoms with van der Waals surface area (Å²) in [7, 11) is 3.39. The van der Waals surface area contributed by atoms with Crippen LogP contribution >= 0.6 is 35.6 Å². The lowest BCUT2D eigenvalue weighted by Gasteiger charge is -2.14. The smallest absolute Gasteiger partial charge is 0.191 e. The quantitative estimate of drug-likeness (QED) is 0.238. The first-order valence-corrected chi connectivity index (χ1v) is 9.03. The van der Waals surface area contributed by atoms with E-state index in [1.54, 1.807) is 14.2 Å². The number of hydrogen-bond donors (Lipinski definition) is 2. The summed E-state index contributed by atoms with van der Waals surface area (Å²) in [6, 6.07) is 5.60. The van der Waals surface area contributed by atoms with Gasteiger partial charge in [-0.2, -0.15) is 0 Å². The number of rotatable bonds is 9. The summed E-state index contributed by atoms with van der Waals surface area (Å²) in [6.45, 7) is 4.66. The van der Waals surface area contributed by atoms with Crippen molar-refractivity contribution in [1.82, 2.24) is 10.6 Å². The van der Waals surface area contributed by atoms with Crippen LogP contribution in [0.25, 0.3) is 0 Å². The molecule has 0 aromatic heterocycles. The number of nitrogens with one attached hydrogen (secondary N) is 2. The summed E-state index contributed by atoms with van der Waals surface area (Å²) in [5, 5.41) is 7.22. The third-order valence-electron chi connectivity index (χ3n) is 4.05. The standard InChI is InChI=1S/C18H28ClN3O3.HI/c1-20-18(21-7-3-8-24-12-14-6-9-25-13-14)22-11-15-4-5-16(19)10-17(15)23-2;/h4-5,10,14H,3,6-9,11-13H2,1-2H3,(H2,20,21,22);1H. The molecule has 0 aliphatic carbocycles. The van der Waals surface area contributed by atoms with E-state index < -0.39 is 0 Å². The van der Waals surface area contributed by atoms with Crippen molar-refractivity contribution in [3.8, 4) is 5.75 Å². The van der Waals surface area contributed by atoms with E-state index in [1.807, 2.05) is 18.2 Å². The van der Waals surface area contributed by atoms with Gasteiger partial charge in [-0.3, -0.25) is 4.99 Å². The second-order valence-electron chi connectivity index (χ2n) is 5.97. The fourth-order valence-electron chi connectivity index (χ4n) is 2.61. The zero-order valence-corrected chi connectivity index (χ0v) is 18.5. The highest BCUT2D eigenvalue weighted by molar-refractivity contribution is 14.0. The van der Waals surface area contributed by atoms with Crippen molar-refractivity contribution in [2.45, 2.75) is 19.4 Å². The van der Waals surface area contributed by atoms with Gasteiger partial charge in [0, 0.05) is 49.9 Å². The highest BCUT2D eigenvalue weighted by atomic mass is 127. The molecule has 1 fully saturated rings. The Morgan fingerprint density at radius 3 is 2.92 bits per heavy atom. The van der Waals surface area contributed by atoms with Crippen molar-refractivity contribution in [2.24, 2.45) is 10.9 Å². The Balaban J connectivity index is 0.00000338. The highest BCUT2D eigenvalue weighted by Gasteiger charge is 2.15. The number of hydrogen-bond acceptors (Lipinski definition) is 4. The van der Waals surface area contributed by atoms with Crippen LogP contribution in [0.3, 0.4) is 0 Å². The second-order valence-corrected chi connectivity index (χ2v) is 6.40. The first-order valence-electron chi connectivity index (χ1n) is 8.65. The van der Waals surface area contributed by atoms with Gasteiger partial charge in [-0.05, 0) is 25.0 Å². The fourth-order valence-corrected chi connectivity index (χ4v) is 2.77. The van der Waals surface area contributed by atoms with E-state index in [0.29, 0.717) is 17.5 Å². The molecule has 148 valence electrons. The predicted octanol–water partition coefficient (Wildman–Crippen LogP) is 3.07. The van der Waals surface area contributed by atoms with E-state index in [-0.39, 0.29) is 24.0 Å². The molecule has 2 rings (SSSR count). The first kappa shape index (κ1) is 23.3. The van der Waals surface area contributed by atoms with E-state index in [0.717, 1.165) is 63.1 Å². The second kappa shape index (κ2) is 13.4. The monoisotopic (exact) mass is 497 g/mol. The van der Waals surface area contributed by atoms with Crippen molar-refractivity contribution < 1.29 is 14.2 Å². The number of guanidine groups is 1. The molecule has 0 bridgehead atoms.